The molecule has 0 aliphatic carbocycles. The summed E-state index contributed by atoms with van der Waals surface area (Å²) in [7, 11) is 3.74. The summed E-state index contributed by atoms with van der Waals surface area (Å²) in [5.74, 6) is 0.397. The Morgan fingerprint density at radius 1 is 1.45 bits per heavy atom. The lowest BCUT2D eigenvalue weighted by Gasteiger charge is -2.31. The number of pyridine rings is 1. The summed E-state index contributed by atoms with van der Waals surface area (Å²) in [5.41, 5.74) is 3.74. The number of hydrogen-bond donors (Lipinski definition) is 0. The molecule has 1 atom stereocenters. The Balaban J connectivity index is 1.79. The molecule has 0 amide bonds. The maximum atomic E-state index is 5.37. The van der Waals surface area contributed by atoms with Gasteiger partial charge in [-0.05, 0) is 11.6 Å². The second kappa shape index (κ2) is 5.73. The van der Waals surface area contributed by atoms with Gasteiger partial charge in [0.25, 0.3) is 0 Å². The molecule has 2 aromatic rings. The molecular formula is C15H20N4O. The fourth-order valence-corrected chi connectivity index (χ4v) is 2.92. The molecule has 0 N–H and O–H groups in total. The van der Waals surface area contributed by atoms with E-state index in [0.29, 0.717) is 5.92 Å². The van der Waals surface area contributed by atoms with Crippen LogP contribution in [0.15, 0.2) is 30.7 Å². The molecular weight excluding hydrogens is 252 g/mol. The van der Waals surface area contributed by atoms with Crippen molar-refractivity contribution in [2.24, 2.45) is 7.05 Å². The first-order chi connectivity index (χ1) is 9.76. The van der Waals surface area contributed by atoms with E-state index >= 15 is 0 Å². The van der Waals surface area contributed by atoms with Gasteiger partial charge in [-0.1, -0.05) is 6.07 Å². The average molecular weight is 272 g/mol. The molecule has 0 spiro atoms. The molecule has 5 heteroatoms. The number of aryl methyl sites for hydroxylation is 1. The van der Waals surface area contributed by atoms with Crippen LogP contribution in [-0.2, 0) is 24.9 Å². The molecule has 0 saturated carbocycles. The first kappa shape index (κ1) is 13.3. The number of rotatable bonds is 4. The predicted molar refractivity (Wildman–Crippen MR) is 76.2 cm³/mol. The molecule has 3 heterocycles. The zero-order chi connectivity index (χ0) is 13.9. The quantitative estimate of drug-likeness (QED) is 0.847. The Bertz CT molecular complexity index is 567. The normalized spacial score (nSPS) is 19.0. The topological polar surface area (TPSA) is 43.2 Å². The van der Waals surface area contributed by atoms with Gasteiger partial charge in [0.05, 0.1) is 12.3 Å². The third kappa shape index (κ3) is 2.73. The van der Waals surface area contributed by atoms with Crippen molar-refractivity contribution in [1.29, 1.82) is 0 Å². The summed E-state index contributed by atoms with van der Waals surface area (Å²) in [6, 6.07) is 4.10. The van der Waals surface area contributed by atoms with Crippen LogP contribution in [-0.4, -0.2) is 39.9 Å². The smallest absolute Gasteiger partial charge is 0.0800 e. The highest BCUT2D eigenvalue weighted by atomic mass is 16.5. The molecule has 0 unspecified atom stereocenters. The van der Waals surface area contributed by atoms with Gasteiger partial charge in [-0.15, -0.1) is 0 Å². The second-order valence-corrected chi connectivity index (χ2v) is 5.39. The standard InChI is InChI=1S/C15H20N4O/c1-18-9-14-13(11-20-2)8-19(10-15(14)17-18)7-12-4-3-5-16-6-12/h3-6,9,13H,7-8,10-11H2,1-2H3/t13-/m1/s1. The zero-order valence-corrected chi connectivity index (χ0v) is 12.0. The minimum Gasteiger partial charge on any atom is -0.384 e. The Kier molecular flexibility index (Phi) is 3.80. The van der Waals surface area contributed by atoms with E-state index in [1.807, 2.05) is 30.2 Å². The Morgan fingerprint density at radius 2 is 2.35 bits per heavy atom. The second-order valence-electron chi connectivity index (χ2n) is 5.39. The summed E-state index contributed by atoms with van der Waals surface area (Å²) in [4.78, 5) is 6.60. The highest BCUT2D eigenvalue weighted by Gasteiger charge is 2.27. The van der Waals surface area contributed by atoms with Crippen LogP contribution in [0.1, 0.15) is 22.7 Å². The number of hydrogen-bond acceptors (Lipinski definition) is 4. The van der Waals surface area contributed by atoms with Crippen LogP contribution < -0.4 is 0 Å². The van der Waals surface area contributed by atoms with E-state index in [2.05, 4.69) is 27.2 Å². The van der Waals surface area contributed by atoms with Crippen molar-refractivity contribution in [1.82, 2.24) is 19.7 Å². The number of nitrogens with zero attached hydrogens (tertiary/aromatic N) is 4. The summed E-state index contributed by atoms with van der Waals surface area (Å²) in [5, 5.41) is 4.58. The minimum atomic E-state index is 0.397. The molecule has 106 valence electrons. The molecule has 0 bridgehead atoms. The molecule has 0 aromatic carbocycles. The first-order valence-electron chi connectivity index (χ1n) is 6.89. The van der Waals surface area contributed by atoms with Crippen molar-refractivity contribution in [2.75, 3.05) is 20.3 Å². The number of aromatic nitrogens is 3. The predicted octanol–water partition coefficient (Wildman–Crippen LogP) is 1.56. The van der Waals surface area contributed by atoms with Crippen LogP contribution >= 0.6 is 0 Å². The Labute approximate surface area is 119 Å². The molecule has 5 nitrogen and oxygen atoms in total. The third-order valence-corrected chi connectivity index (χ3v) is 3.73. The zero-order valence-electron chi connectivity index (χ0n) is 12.0. The van der Waals surface area contributed by atoms with E-state index in [0.717, 1.165) is 26.2 Å². The number of methoxy groups -OCH3 is 1. The number of ether oxygens (including phenoxy) is 1. The van der Waals surface area contributed by atoms with Gasteiger partial charge in [-0.25, -0.2) is 0 Å². The molecule has 0 fully saturated rings. The van der Waals surface area contributed by atoms with Crippen LogP contribution in [0, 0.1) is 0 Å². The largest absolute Gasteiger partial charge is 0.384 e. The van der Waals surface area contributed by atoms with Gasteiger partial charge >= 0.3 is 0 Å². The molecule has 3 rings (SSSR count). The van der Waals surface area contributed by atoms with Crippen molar-refractivity contribution < 1.29 is 4.74 Å². The average Bonchev–Trinajstić information content (AvgIpc) is 2.81. The molecule has 1 aliphatic rings. The summed E-state index contributed by atoms with van der Waals surface area (Å²) in [6.07, 6.45) is 5.87. The van der Waals surface area contributed by atoms with Crippen LogP contribution in [0.2, 0.25) is 0 Å². The van der Waals surface area contributed by atoms with Crippen molar-refractivity contribution >= 4 is 0 Å². The molecule has 1 aliphatic heterocycles. The Morgan fingerprint density at radius 3 is 3.10 bits per heavy atom. The molecule has 0 radical (unpaired) electrons. The highest BCUT2D eigenvalue weighted by Crippen LogP contribution is 2.28. The van der Waals surface area contributed by atoms with Crippen molar-refractivity contribution in [3.05, 3.63) is 47.5 Å². The van der Waals surface area contributed by atoms with Crippen molar-refractivity contribution in [3.63, 3.8) is 0 Å². The fraction of sp³-hybridized carbons (Fsp3) is 0.467. The molecule has 0 saturated heterocycles. The van der Waals surface area contributed by atoms with Crippen LogP contribution in [0.4, 0.5) is 0 Å². The maximum Gasteiger partial charge on any atom is 0.0800 e. The Hall–Kier alpha value is -1.72. The van der Waals surface area contributed by atoms with Crippen LogP contribution in [0.5, 0.6) is 0 Å². The highest BCUT2D eigenvalue weighted by molar-refractivity contribution is 5.25. The first-order valence-corrected chi connectivity index (χ1v) is 6.89. The van der Waals surface area contributed by atoms with Crippen LogP contribution in [0.3, 0.4) is 0 Å². The lowest BCUT2D eigenvalue weighted by molar-refractivity contribution is 0.135. The van der Waals surface area contributed by atoms with Gasteiger partial charge in [0.15, 0.2) is 0 Å². The van der Waals surface area contributed by atoms with Gasteiger partial charge in [0.2, 0.25) is 0 Å². The van der Waals surface area contributed by atoms with Gasteiger partial charge in [-0.3, -0.25) is 14.6 Å². The lowest BCUT2D eigenvalue weighted by atomic mass is 9.95. The van der Waals surface area contributed by atoms with E-state index in [4.69, 9.17) is 4.74 Å². The van der Waals surface area contributed by atoms with E-state index in [9.17, 15) is 0 Å². The van der Waals surface area contributed by atoms with Crippen molar-refractivity contribution in [3.8, 4) is 0 Å². The third-order valence-electron chi connectivity index (χ3n) is 3.73. The van der Waals surface area contributed by atoms with Gasteiger partial charge in [0, 0.05) is 63.9 Å². The maximum absolute atomic E-state index is 5.37. The molecule has 2 aromatic heterocycles. The summed E-state index contributed by atoms with van der Waals surface area (Å²) in [6.45, 7) is 3.54. The van der Waals surface area contributed by atoms with Gasteiger partial charge < -0.3 is 4.74 Å². The monoisotopic (exact) mass is 272 g/mol. The van der Waals surface area contributed by atoms with E-state index < -0.39 is 0 Å². The van der Waals surface area contributed by atoms with Crippen LogP contribution in [0.25, 0.3) is 0 Å². The van der Waals surface area contributed by atoms with E-state index in [-0.39, 0.29) is 0 Å². The van der Waals surface area contributed by atoms with Crippen molar-refractivity contribution in [2.45, 2.75) is 19.0 Å². The SMILES string of the molecule is COC[C@H]1CN(Cc2cccnc2)Cc2nn(C)cc21. The fourth-order valence-electron chi connectivity index (χ4n) is 2.92. The summed E-state index contributed by atoms with van der Waals surface area (Å²) >= 11 is 0. The summed E-state index contributed by atoms with van der Waals surface area (Å²) < 4.78 is 7.27. The lowest BCUT2D eigenvalue weighted by Crippen LogP contribution is -2.34. The van der Waals surface area contributed by atoms with E-state index in [1.54, 1.807) is 7.11 Å². The molecule has 20 heavy (non-hydrogen) atoms. The van der Waals surface area contributed by atoms with Gasteiger partial charge in [-0.2, -0.15) is 5.10 Å². The number of fused-ring (bicyclic) bond motifs is 1. The van der Waals surface area contributed by atoms with E-state index in [1.165, 1.54) is 16.8 Å². The minimum absolute atomic E-state index is 0.397. The van der Waals surface area contributed by atoms with Gasteiger partial charge in [0.1, 0.15) is 0 Å².